The molecule has 1 unspecified atom stereocenters. The van der Waals surface area contributed by atoms with Crippen LogP contribution >= 0.6 is 11.6 Å². The molecule has 1 saturated heterocycles. The predicted octanol–water partition coefficient (Wildman–Crippen LogP) is 4.39. The molecule has 0 aliphatic carbocycles. The Bertz CT molecular complexity index is 983. The second kappa shape index (κ2) is 6.59. The largest absolute Gasteiger partial charge is 0.384 e. The van der Waals surface area contributed by atoms with E-state index in [2.05, 4.69) is 15.3 Å². The quantitative estimate of drug-likeness (QED) is 0.611. The zero-order valence-corrected chi connectivity index (χ0v) is 16.4. The van der Waals surface area contributed by atoms with Crippen LogP contribution in [0.15, 0.2) is 30.6 Å². The normalized spacial score (nSPS) is 25.9. The molecule has 6 heteroatoms. The van der Waals surface area contributed by atoms with Gasteiger partial charge >= 0.3 is 0 Å². The summed E-state index contributed by atoms with van der Waals surface area (Å²) in [7, 11) is 0. The highest BCUT2D eigenvalue weighted by molar-refractivity contribution is 6.32. The van der Waals surface area contributed by atoms with E-state index in [-0.39, 0.29) is 17.7 Å². The Morgan fingerprint density at radius 1 is 1.26 bits per heavy atom. The second-order valence-electron chi connectivity index (χ2n) is 7.65. The lowest BCUT2D eigenvalue weighted by molar-refractivity contribution is -0.0810. The highest BCUT2D eigenvalue weighted by atomic mass is 35.5. The molecule has 1 aliphatic heterocycles. The van der Waals surface area contributed by atoms with Crippen molar-refractivity contribution < 1.29 is 9.50 Å². The molecule has 4 nitrogen and oxygen atoms in total. The monoisotopic (exact) mass is 387 g/mol. The minimum absolute atomic E-state index is 0.0260. The molecule has 0 saturated carbocycles. The first-order chi connectivity index (χ1) is 12.8. The van der Waals surface area contributed by atoms with Gasteiger partial charge < -0.3 is 15.4 Å². The van der Waals surface area contributed by atoms with E-state index in [1.54, 1.807) is 12.3 Å². The molecule has 3 N–H and O–H groups in total. The van der Waals surface area contributed by atoms with Crippen LogP contribution in [-0.4, -0.2) is 28.2 Å². The molecule has 3 heterocycles. The van der Waals surface area contributed by atoms with E-state index in [9.17, 15) is 9.50 Å². The van der Waals surface area contributed by atoms with E-state index in [1.807, 2.05) is 32.9 Å². The number of benzene rings is 1. The molecule has 1 fully saturated rings. The molecule has 3 atom stereocenters. The van der Waals surface area contributed by atoms with Crippen LogP contribution < -0.4 is 5.32 Å². The van der Waals surface area contributed by atoms with Gasteiger partial charge in [-0.15, -0.1) is 0 Å². The molecule has 1 aromatic carbocycles. The minimum Gasteiger partial charge on any atom is -0.384 e. The summed E-state index contributed by atoms with van der Waals surface area (Å²) >= 11 is 6.71. The molecular weight excluding hydrogens is 365 g/mol. The number of fused-ring (bicyclic) bond motifs is 1. The smallest absolute Gasteiger partial charge is 0.150 e. The Balaban J connectivity index is 1.89. The first-order valence-corrected chi connectivity index (χ1v) is 9.57. The van der Waals surface area contributed by atoms with Crippen LogP contribution in [0.2, 0.25) is 5.02 Å². The van der Waals surface area contributed by atoms with Gasteiger partial charge in [0, 0.05) is 47.9 Å². The molecule has 0 radical (unpaired) electrons. The van der Waals surface area contributed by atoms with Crippen LogP contribution in [0, 0.1) is 24.6 Å². The van der Waals surface area contributed by atoms with Crippen molar-refractivity contribution in [3.8, 4) is 11.1 Å². The Morgan fingerprint density at radius 2 is 1.96 bits per heavy atom. The summed E-state index contributed by atoms with van der Waals surface area (Å²) in [6, 6.07) is 5.58. The first-order valence-electron chi connectivity index (χ1n) is 9.19. The molecule has 27 heavy (non-hydrogen) atoms. The summed E-state index contributed by atoms with van der Waals surface area (Å²) in [6.07, 6.45) is 2.96. The molecule has 142 valence electrons. The van der Waals surface area contributed by atoms with Crippen molar-refractivity contribution in [2.75, 3.05) is 13.1 Å². The number of aromatic nitrogens is 2. The van der Waals surface area contributed by atoms with Crippen molar-refractivity contribution in [1.29, 1.82) is 0 Å². The van der Waals surface area contributed by atoms with Gasteiger partial charge in [0.25, 0.3) is 0 Å². The number of aromatic amines is 1. The van der Waals surface area contributed by atoms with Crippen LogP contribution in [0.3, 0.4) is 0 Å². The van der Waals surface area contributed by atoms with Gasteiger partial charge in [0.05, 0.1) is 11.0 Å². The lowest BCUT2D eigenvalue weighted by atomic mass is 9.70. The summed E-state index contributed by atoms with van der Waals surface area (Å²) in [6.45, 7) is 7.49. The number of nitrogens with one attached hydrogen (secondary N) is 2. The zero-order valence-electron chi connectivity index (χ0n) is 15.6. The highest BCUT2D eigenvalue weighted by Crippen LogP contribution is 2.45. The van der Waals surface area contributed by atoms with Crippen LogP contribution in [0.25, 0.3) is 22.2 Å². The van der Waals surface area contributed by atoms with Crippen molar-refractivity contribution in [3.63, 3.8) is 0 Å². The lowest BCUT2D eigenvalue weighted by Crippen LogP contribution is -2.53. The number of aryl methyl sites for hydroxylation is 1. The van der Waals surface area contributed by atoms with E-state index in [0.29, 0.717) is 16.1 Å². The number of nitrogens with zero attached hydrogens (tertiary/aromatic N) is 1. The van der Waals surface area contributed by atoms with Gasteiger partial charge in [-0.3, -0.25) is 0 Å². The van der Waals surface area contributed by atoms with Crippen LogP contribution in [0.5, 0.6) is 0 Å². The number of hydrogen-bond donors (Lipinski definition) is 3. The lowest BCUT2D eigenvalue weighted by Gasteiger charge is -2.45. The van der Waals surface area contributed by atoms with Gasteiger partial charge in [-0.05, 0) is 35.7 Å². The van der Waals surface area contributed by atoms with Gasteiger partial charge in [-0.25, -0.2) is 9.37 Å². The van der Waals surface area contributed by atoms with E-state index < -0.39 is 5.60 Å². The molecule has 3 aromatic rings. The summed E-state index contributed by atoms with van der Waals surface area (Å²) in [5, 5.41) is 15.9. The van der Waals surface area contributed by atoms with Crippen molar-refractivity contribution in [2.24, 2.45) is 11.8 Å². The van der Waals surface area contributed by atoms with E-state index >= 15 is 0 Å². The van der Waals surface area contributed by atoms with E-state index in [1.165, 1.54) is 6.20 Å². The Morgan fingerprint density at radius 3 is 2.63 bits per heavy atom. The average Bonchev–Trinajstić information content (AvgIpc) is 3.00. The standard InChI is InChI=1S/C21H23ClFN3O/c1-11-6-14(15-4-5-25-20-18(15)17(23)10-26-20)7-16(22)19(11)21(27)12(2)8-24-9-13(21)3/h4-7,10,12-13,24,27H,8-9H2,1-3H3,(H,25,26)/t12-,13+,21?. The third-order valence-electron chi connectivity index (χ3n) is 5.93. The SMILES string of the molecule is Cc1cc(-c2ccnc3[nH]cc(F)c23)cc(Cl)c1C1(O)[C@H](C)CNC[C@@H]1C. The summed E-state index contributed by atoms with van der Waals surface area (Å²) < 4.78 is 14.3. The van der Waals surface area contributed by atoms with Gasteiger partial charge in [-0.1, -0.05) is 31.5 Å². The highest BCUT2D eigenvalue weighted by Gasteiger charge is 2.45. The molecule has 0 spiro atoms. The fourth-order valence-corrected chi connectivity index (χ4v) is 4.89. The average molecular weight is 388 g/mol. The van der Waals surface area contributed by atoms with Gasteiger partial charge in [-0.2, -0.15) is 0 Å². The van der Waals surface area contributed by atoms with Crippen molar-refractivity contribution in [1.82, 2.24) is 15.3 Å². The van der Waals surface area contributed by atoms with Crippen LogP contribution in [0.4, 0.5) is 4.39 Å². The number of H-pyrrole nitrogens is 1. The van der Waals surface area contributed by atoms with Crippen molar-refractivity contribution in [2.45, 2.75) is 26.4 Å². The van der Waals surface area contributed by atoms with E-state index in [0.717, 1.165) is 35.3 Å². The Kier molecular flexibility index (Phi) is 4.49. The van der Waals surface area contributed by atoms with Crippen molar-refractivity contribution in [3.05, 3.63) is 52.6 Å². The number of halogens is 2. The number of pyridine rings is 1. The molecule has 2 aromatic heterocycles. The fourth-order valence-electron chi connectivity index (χ4n) is 4.47. The first kappa shape index (κ1) is 18.4. The molecule has 0 amide bonds. The number of hydrogen-bond acceptors (Lipinski definition) is 3. The summed E-state index contributed by atoms with van der Waals surface area (Å²) in [5.74, 6) is -0.290. The third-order valence-corrected chi connectivity index (χ3v) is 6.23. The van der Waals surface area contributed by atoms with Crippen LogP contribution in [0.1, 0.15) is 25.0 Å². The van der Waals surface area contributed by atoms with Gasteiger partial charge in [0.1, 0.15) is 5.65 Å². The number of piperidine rings is 1. The Labute approximate surface area is 162 Å². The van der Waals surface area contributed by atoms with Gasteiger partial charge in [0.2, 0.25) is 0 Å². The molecule has 0 bridgehead atoms. The summed E-state index contributed by atoms with van der Waals surface area (Å²) in [5.41, 5.74) is 2.72. The predicted molar refractivity (Wildman–Crippen MR) is 106 cm³/mol. The third kappa shape index (κ3) is 2.76. The van der Waals surface area contributed by atoms with Gasteiger partial charge in [0.15, 0.2) is 5.82 Å². The number of rotatable bonds is 2. The minimum atomic E-state index is -1.00. The van der Waals surface area contributed by atoms with E-state index in [4.69, 9.17) is 11.6 Å². The molecular formula is C21H23ClFN3O. The zero-order chi connectivity index (χ0) is 19.3. The van der Waals surface area contributed by atoms with Crippen molar-refractivity contribution >= 4 is 22.6 Å². The molecule has 1 aliphatic rings. The van der Waals surface area contributed by atoms with Crippen LogP contribution in [-0.2, 0) is 5.60 Å². The number of aliphatic hydroxyl groups is 1. The maximum Gasteiger partial charge on any atom is 0.150 e. The second-order valence-corrected chi connectivity index (χ2v) is 8.06. The maximum atomic E-state index is 14.3. The fraction of sp³-hybridized carbons (Fsp3) is 0.381. The topological polar surface area (TPSA) is 60.9 Å². The molecule has 4 rings (SSSR count). The maximum absolute atomic E-state index is 14.3. The summed E-state index contributed by atoms with van der Waals surface area (Å²) in [4.78, 5) is 7.02. The Hall–Kier alpha value is -1.95.